The Hall–Kier alpha value is -5.12. The lowest BCUT2D eigenvalue weighted by Gasteiger charge is -2.43. The lowest BCUT2D eigenvalue weighted by molar-refractivity contribution is -0.138. The number of pyridine rings is 1. The summed E-state index contributed by atoms with van der Waals surface area (Å²) in [6, 6.07) is 18.7. The van der Waals surface area contributed by atoms with Crippen molar-refractivity contribution in [3.05, 3.63) is 98.8 Å². The van der Waals surface area contributed by atoms with Crippen molar-refractivity contribution in [3.8, 4) is 17.1 Å². The standard InChI is InChI=1S/C34H31N3O7/c1-19(33(40)36-16-20-14-22(18-36)26-7-5-9-29(39)37(26)17-20)35-28(38)15-25-30-32(24-6-3-4-8-27(24)43-34(30)41)44-31(25)21-10-12-23(42-2)13-11-21/h3-13,19-20,22H,14-18H2,1-2H3,(H,35,38)/t19-,20?,22?/m0/s1. The number of amides is 2. The Labute approximate surface area is 251 Å². The number of nitrogens with zero attached hydrogens (tertiary/aromatic N) is 2. The van der Waals surface area contributed by atoms with E-state index < -0.39 is 17.6 Å². The van der Waals surface area contributed by atoms with E-state index in [1.165, 1.54) is 0 Å². The molecule has 2 aliphatic heterocycles. The van der Waals surface area contributed by atoms with Gasteiger partial charge in [-0.1, -0.05) is 18.2 Å². The minimum atomic E-state index is -0.792. The zero-order chi connectivity index (χ0) is 30.5. The molecule has 0 saturated carbocycles. The monoisotopic (exact) mass is 593 g/mol. The van der Waals surface area contributed by atoms with Crippen LogP contribution < -0.4 is 21.2 Å². The number of aromatic nitrogens is 1. The first-order chi connectivity index (χ1) is 21.3. The third-order valence-corrected chi connectivity index (χ3v) is 8.77. The summed E-state index contributed by atoms with van der Waals surface area (Å²) in [7, 11) is 1.57. The molecule has 44 heavy (non-hydrogen) atoms. The van der Waals surface area contributed by atoms with Crippen LogP contribution >= 0.6 is 0 Å². The Morgan fingerprint density at radius 3 is 2.57 bits per heavy atom. The molecule has 2 aromatic carbocycles. The van der Waals surface area contributed by atoms with Crippen LogP contribution in [0.5, 0.6) is 5.75 Å². The molecule has 0 spiro atoms. The van der Waals surface area contributed by atoms with Crippen LogP contribution in [0.25, 0.3) is 33.3 Å². The molecule has 10 nitrogen and oxygen atoms in total. The smallest absolute Gasteiger partial charge is 0.347 e. The fourth-order valence-electron chi connectivity index (χ4n) is 6.77. The first-order valence-corrected chi connectivity index (χ1v) is 14.7. The van der Waals surface area contributed by atoms with Gasteiger partial charge in [-0.05, 0) is 61.7 Å². The summed E-state index contributed by atoms with van der Waals surface area (Å²) in [6.45, 7) is 3.26. The van der Waals surface area contributed by atoms with Crippen LogP contribution in [0.4, 0.5) is 0 Å². The predicted molar refractivity (Wildman–Crippen MR) is 164 cm³/mol. The van der Waals surface area contributed by atoms with Gasteiger partial charge in [0, 0.05) is 48.4 Å². The van der Waals surface area contributed by atoms with Gasteiger partial charge in [0.25, 0.3) is 5.56 Å². The molecule has 1 N–H and O–H groups in total. The van der Waals surface area contributed by atoms with Crippen LogP contribution in [-0.2, 0) is 22.6 Å². The summed E-state index contributed by atoms with van der Waals surface area (Å²) in [5, 5.41) is 3.66. The number of piperidine rings is 1. The van der Waals surface area contributed by atoms with E-state index in [4.69, 9.17) is 13.6 Å². The van der Waals surface area contributed by atoms with Crippen molar-refractivity contribution < 1.29 is 23.2 Å². The van der Waals surface area contributed by atoms with Gasteiger partial charge >= 0.3 is 5.63 Å². The highest BCUT2D eigenvalue weighted by molar-refractivity contribution is 6.05. The summed E-state index contributed by atoms with van der Waals surface area (Å²) in [6.07, 6.45) is 0.726. The first kappa shape index (κ1) is 27.7. The number of ether oxygens (including phenoxy) is 1. The average molecular weight is 594 g/mol. The molecular formula is C34H31N3O7. The van der Waals surface area contributed by atoms with Crippen LogP contribution in [0.2, 0.25) is 0 Å². The molecule has 2 unspecified atom stereocenters. The summed E-state index contributed by atoms with van der Waals surface area (Å²) < 4.78 is 19.0. The number of furan rings is 1. The van der Waals surface area contributed by atoms with Crippen molar-refractivity contribution in [1.82, 2.24) is 14.8 Å². The van der Waals surface area contributed by atoms with E-state index >= 15 is 0 Å². The first-order valence-electron chi connectivity index (χ1n) is 14.7. The van der Waals surface area contributed by atoms with Gasteiger partial charge < -0.3 is 28.4 Å². The zero-order valence-corrected chi connectivity index (χ0v) is 24.4. The van der Waals surface area contributed by atoms with Gasteiger partial charge in [0.2, 0.25) is 11.8 Å². The predicted octanol–water partition coefficient (Wildman–Crippen LogP) is 4.07. The molecule has 3 aromatic heterocycles. The number of fused-ring (bicyclic) bond motifs is 7. The van der Waals surface area contributed by atoms with Gasteiger partial charge in [0.05, 0.1) is 18.9 Å². The van der Waals surface area contributed by atoms with Crippen molar-refractivity contribution in [3.63, 3.8) is 0 Å². The minimum Gasteiger partial charge on any atom is -0.497 e. The van der Waals surface area contributed by atoms with Crippen molar-refractivity contribution in [2.45, 2.75) is 38.3 Å². The van der Waals surface area contributed by atoms with Gasteiger partial charge in [-0.3, -0.25) is 14.4 Å². The number of rotatable bonds is 6. The van der Waals surface area contributed by atoms with E-state index in [-0.39, 0.29) is 35.1 Å². The lowest BCUT2D eigenvalue weighted by Crippen LogP contribution is -2.54. The second-order valence-electron chi connectivity index (χ2n) is 11.6. The summed E-state index contributed by atoms with van der Waals surface area (Å²) >= 11 is 0. The summed E-state index contributed by atoms with van der Waals surface area (Å²) in [4.78, 5) is 54.4. The van der Waals surface area contributed by atoms with E-state index in [0.717, 1.165) is 12.1 Å². The third kappa shape index (κ3) is 4.76. The number of benzene rings is 2. The number of methoxy groups -OCH3 is 1. The maximum Gasteiger partial charge on any atom is 0.347 e. The van der Waals surface area contributed by atoms with Crippen LogP contribution in [0, 0.1) is 5.92 Å². The molecule has 1 fully saturated rings. The maximum atomic E-state index is 13.6. The van der Waals surface area contributed by atoms with Crippen LogP contribution in [-0.4, -0.2) is 47.5 Å². The Balaban J connectivity index is 1.16. The highest BCUT2D eigenvalue weighted by Crippen LogP contribution is 2.37. The maximum absolute atomic E-state index is 13.6. The quantitative estimate of drug-likeness (QED) is 0.295. The van der Waals surface area contributed by atoms with Crippen molar-refractivity contribution in [1.29, 1.82) is 0 Å². The molecule has 5 heterocycles. The fourth-order valence-corrected chi connectivity index (χ4v) is 6.77. The molecule has 1 saturated heterocycles. The van der Waals surface area contributed by atoms with Gasteiger partial charge in [-0.15, -0.1) is 0 Å². The second kappa shape index (κ2) is 10.9. The van der Waals surface area contributed by atoms with Crippen molar-refractivity contribution in [2.24, 2.45) is 5.92 Å². The Morgan fingerprint density at radius 2 is 1.77 bits per heavy atom. The molecule has 0 radical (unpaired) electrons. The molecule has 2 amide bonds. The normalized spacial score (nSPS) is 18.2. The number of nitrogens with one attached hydrogen (secondary N) is 1. The number of carbonyl (C=O) groups is 2. The number of likely N-dealkylation sites (tertiary alicyclic amines) is 1. The van der Waals surface area contributed by atoms with Crippen molar-refractivity contribution >= 4 is 33.8 Å². The molecule has 7 rings (SSSR count). The number of carbonyl (C=O) groups excluding carboxylic acids is 2. The average Bonchev–Trinajstić information content (AvgIpc) is 3.41. The highest BCUT2D eigenvalue weighted by Gasteiger charge is 2.37. The van der Waals surface area contributed by atoms with Crippen LogP contribution in [0.15, 0.2) is 85.2 Å². The molecule has 3 atom stereocenters. The number of hydrogen-bond donors (Lipinski definition) is 1. The fraction of sp³-hybridized carbons (Fsp3) is 0.294. The third-order valence-electron chi connectivity index (χ3n) is 8.77. The zero-order valence-electron chi connectivity index (χ0n) is 24.4. The Kier molecular flexibility index (Phi) is 6.84. The largest absolute Gasteiger partial charge is 0.497 e. The van der Waals surface area contributed by atoms with Gasteiger partial charge in [0.15, 0.2) is 5.58 Å². The van der Waals surface area contributed by atoms with Crippen LogP contribution in [0.3, 0.4) is 0 Å². The highest BCUT2D eigenvalue weighted by atomic mass is 16.5. The minimum absolute atomic E-state index is 0.0135. The molecule has 2 aliphatic rings. The van der Waals surface area contributed by atoms with E-state index in [1.54, 1.807) is 73.5 Å². The van der Waals surface area contributed by atoms with E-state index in [9.17, 15) is 19.2 Å². The van der Waals surface area contributed by atoms with Gasteiger partial charge in [-0.25, -0.2) is 4.79 Å². The second-order valence-corrected chi connectivity index (χ2v) is 11.6. The SMILES string of the molecule is COc1ccc(-c2oc3c(c2CC(=O)N[C@@H](C)C(=O)N2CC4CC(C2)c2cccc(=O)n2C4)c(=O)oc2ccccc23)cc1. The summed E-state index contributed by atoms with van der Waals surface area (Å²) in [5.74, 6) is 0.660. The van der Waals surface area contributed by atoms with Crippen LogP contribution in [0.1, 0.15) is 30.5 Å². The van der Waals surface area contributed by atoms with Crippen molar-refractivity contribution in [2.75, 3.05) is 20.2 Å². The van der Waals surface area contributed by atoms with E-state index in [1.807, 2.05) is 16.7 Å². The molecular weight excluding hydrogens is 562 g/mol. The topological polar surface area (TPSA) is 124 Å². The number of hydrogen-bond acceptors (Lipinski definition) is 7. The molecule has 2 bridgehead atoms. The molecule has 5 aromatic rings. The molecule has 224 valence electrons. The Bertz CT molecular complexity index is 2040. The molecule has 0 aliphatic carbocycles. The van der Waals surface area contributed by atoms with Gasteiger partial charge in [0.1, 0.15) is 28.5 Å². The number of para-hydroxylation sites is 1. The van der Waals surface area contributed by atoms with E-state index in [0.29, 0.717) is 58.8 Å². The molecule has 10 heteroatoms. The Morgan fingerprint density at radius 1 is 0.977 bits per heavy atom. The van der Waals surface area contributed by atoms with E-state index in [2.05, 4.69) is 5.32 Å². The van der Waals surface area contributed by atoms with Gasteiger partial charge in [-0.2, -0.15) is 0 Å². The lowest BCUT2D eigenvalue weighted by atomic mass is 9.83. The summed E-state index contributed by atoms with van der Waals surface area (Å²) in [5.41, 5.74) is 2.11.